The Morgan fingerprint density at radius 2 is 0.730 bits per heavy atom. The third kappa shape index (κ3) is 5.58. The van der Waals surface area contributed by atoms with Crippen LogP contribution in [0.2, 0.25) is 0 Å². The molecule has 0 N–H and O–H groups in total. The van der Waals surface area contributed by atoms with E-state index in [-0.39, 0.29) is 0 Å². The fourth-order valence-electron chi connectivity index (χ4n) is 11.1. The molecule has 0 saturated carbocycles. The van der Waals surface area contributed by atoms with Crippen molar-refractivity contribution in [3.63, 3.8) is 0 Å². The monoisotopic (exact) mass is 819 g/mol. The molecule has 0 saturated heterocycles. The number of para-hydroxylation sites is 2. The van der Waals surface area contributed by atoms with Crippen LogP contribution in [0.4, 0.5) is 0 Å². The Morgan fingerprint density at radius 1 is 0.317 bits per heavy atom. The molecule has 1 aromatic heterocycles. The lowest BCUT2D eigenvalue weighted by Gasteiger charge is -2.44. The number of hydrogen-bond acceptors (Lipinski definition) is 1. The standard InChI is InChI=1S/C61H41NS/c1-3-17-40(18-4-1)38-61(39-41-31-33-42(34-32-41)43-35-36-50-49-25-15-16-30-55(49)62(56(50)37-43)44-19-5-2-6-20-44)57-51-26-11-7-21-45(51)47-23-9-13-28-53(47)59(57)63-60-54-29-14-10-24-48(54)46-22-8-12-27-52(46)58(60)61/h1-37H,38-39H2. The summed E-state index contributed by atoms with van der Waals surface area (Å²) in [6.45, 7) is 0. The van der Waals surface area contributed by atoms with Gasteiger partial charge < -0.3 is 4.57 Å². The van der Waals surface area contributed by atoms with Gasteiger partial charge in [-0.2, -0.15) is 0 Å². The lowest BCUT2D eigenvalue weighted by Crippen LogP contribution is -2.37. The van der Waals surface area contributed by atoms with Crippen LogP contribution in [0.5, 0.6) is 0 Å². The predicted octanol–water partition coefficient (Wildman–Crippen LogP) is 16.3. The van der Waals surface area contributed by atoms with Crippen molar-refractivity contribution in [2.45, 2.75) is 28.0 Å². The first-order valence-corrected chi connectivity index (χ1v) is 22.8. The van der Waals surface area contributed by atoms with Crippen LogP contribution in [-0.4, -0.2) is 4.57 Å². The largest absolute Gasteiger partial charge is 0.309 e. The molecular weight excluding hydrogens is 779 g/mol. The first-order chi connectivity index (χ1) is 31.2. The SMILES string of the molecule is c1ccc(CC2(Cc3ccc(-c4ccc5c6ccccc6n(-c6ccccc6)c5c4)cc3)c3c(c4ccccc4c4ccccc34)Sc3c2c2ccccc2c2ccccc32)cc1. The maximum Gasteiger partial charge on any atom is 0.0547 e. The van der Waals surface area contributed by atoms with Crippen LogP contribution < -0.4 is 0 Å². The Hall–Kier alpha value is -7.39. The Morgan fingerprint density at radius 3 is 1.30 bits per heavy atom. The first-order valence-electron chi connectivity index (χ1n) is 22.0. The zero-order chi connectivity index (χ0) is 41.5. The predicted molar refractivity (Wildman–Crippen MR) is 268 cm³/mol. The average Bonchev–Trinajstić information content (AvgIpc) is 3.68. The normalized spacial score (nSPS) is 13.3. The molecule has 11 aromatic carbocycles. The number of benzene rings is 11. The summed E-state index contributed by atoms with van der Waals surface area (Å²) in [7, 11) is 0. The first kappa shape index (κ1) is 36.3. The van der Waals surface area contributed by atoms with Gasteiger partial charge in [0.1, 0.15) is 0 Å². The van der Waals surface area contributed by atoms with Crippen LogP contribution in [0.15, 0.2) is 234 Å². The van der Waals surface area contributed by atoms with E-state index in [1.807, 2.05) is 11.8 Å². The van der Waals surface area contributed by atoms with Gasteiger partial charge in [0.25, 0.3) is 0 Å². The summed E-state index contributed by atoms with van der Waals surface area (Å²) in [6.07, 6.45) is 1.70. The summed E-state index contributed by atoms with van der Waals surface area (Å²) in [4.78, 5) is 2.76. The van der Waals surface area contributed by atoms with Gasteiger partial charge in [-0.3, -0.25) is 0 Å². The minimum absolute atomic E-state index is 0.415. The molecule has 2 heterocycles. The number of hydrogen-bond donors (Lipinski definition) is 0. The van der Waals surface area contributed by atoms with Gasteiger partial charge >= 0.3 is 0 Å². The highest BCUT2D eigenvalue weighted by atomic mass is 32.2. The molecule has 0 atom stereocenters. The van der Waals surface area contributed by atoms with Crippen LogP contribution >= 0.6 is 11.8 Å². The molecule has 1 aliphatic heterocycles. The highest BCUT2D eigenvalue weighted by Gasteiger charge is 2.45. The molecule has 12 aromatic rings. The Balaban J connectivity index is 1.06. The molecule has 0 spiro atoms. The number of nitrogens with zero attached hydrogens (tertiary/aromatic N) is 1. The van der Waals surface area contributed by atoms with E-state index >= 15 is 0 Å². The smallest absolute Gasteiger partial charge is 0.0547 e. The fourth-order valence-corrected chi connectivity index (χ4v) is 12.7. The van der Waals surface area contributed by atoms with Crippen LogP contribution in [0.1, 0.15) is 22.3 Å². The third-order valence-electron chi connectivity index (χ3n) is 13.8. The lowest BCUT2D eigenvalue weighted by atomic mass is 9.63. The molecule has 1 nitrogen and oxygen atoms in total. The van der Waals surface area contributed by atoms with Gasteiger partial charge in [0.15, 0.2) is 0 Å². The summed E-state index contributed by atoms with van der Waals surface area (Å²) in [5.74, 6) is 0. The molecule has 296 valence electrons. The van der Waals surface area contributed by atoms with Gasteiger partial charge in [-0.1, -0.05) is 212 Å². The lowest BCUT2D eigenvalue weighted by molar-refractivity contribution is 0.496. The van der Waals surface area contributed by atoms with Crippen LogP contribution in [0, 0.1) is 0 Å². The summed E-state index contributed by atoms with van der Waals surface area (Å²) < 4.78 is 2.41. The molecule has 0 unspecified atom stereocenters. The molecule has 1 aliphatic rings. The Labute approximate surface area is 370 Å². The summed E-state index contributed by atoms with van der Waals surface area (Å²) in [5.41, 5.74) is 11.2. The minimum Gasteiger partial charge on any atom is -0.309 e. The molecule has 13 rings (SSSR count). The maximum absolute atomic E-state index is 2.41. The number of fused-ring (bicyclic) bond motifs is 15. The summed E-state index contributed by atoms with van der Waals surface area (Å²) >= 11 is 1.99. The van der Waals surface area contributed by atoms with Gasteiger partial charge in [-0.25, -0.2) is 0 Å². The molecule has 0 fully saturated rings. The van der Waals surface area contributed by atoms with Crippen molar-refractivity contribution >= 4 is 76.7 Å². The molecule has 0 aliphatic carbocycles. The quantitative estimate of drug-likeness (QED) is 0.151. The molecule has 0 radical (unpaired) electrons. The van der Waals surface area contributed by atoms with Crippen LogP contribution in [0.3, 0.4) is 0 Å². The summed E-state index contributed by atoms with van der Waals surface area (Å²) in [6, 6.07) is 83.9. The topological polar surface area (TPSA) is 4.93 Å². The van der Waals surface area contributed by atoms with E-state index < -0.39 is 5.41 Å². The van der Waals surface area contributed by atoms with Gasteiger partial charge in [-0.05, 0) is 114 Å². The van der Waals surface area contributed by atoms with E-state index in [0.717, 1.165) is 12.8 Å². The van der Waals surface area contributed by atoms with Crippen molar-refractivity contribution in [1.82, 2.24) is 4.57 Å². The molecular formula is C61H41NS. The van der Waals surface area contributed by atoms with Crippen molar-refractivity contribution in [2.75, 3.05) is 0 Å². The number of aromatic nitrogens is 1. The second-order valence-electron chi connectivity index (χ2n) is 17.2. The highest BCUT2D eigenvalue weighted by Crippen LogP contribution is 2.60. The van der Waals surface area contributed by atoms with Gasteiger partial charge in [0, 0.05) is 31.7 Å². The summed E-state index contributed by atoms with van der Waals surface area (Å²) in [5, 5.41) is 13.1. The molecule has 0 bridgehead atoms. The third-order valence-corrected chi connectivity index (χ3v) is 15.0. The van der Waals surface area contributed by atoms with E-state index in [0.29, 0.717) is 0 Å². The second-order valence-corrected chi connectivity index (χ2v) is 18.3. The van der Waals surface area contributed by atoms with E-state index in [9.17, 15) is 0 Å². The van der Waals surface area contributed by atoms with Crippen molar-refractivity contribution in [3.05, 3.63) is 247 Å². The van der Waals surface area contributed by atoms with Gasteiger partial charge in [-0.15, -0.1) is 0 Å². The average molecular weight is 820 g/mol. The number of rotatable bonds is 6. The van der Waals surface area contributed by atoms with Gasteiger partial charge in [0.2, 0.25) is 0 Å². The maximum atomic E-state index is 2.41. The second kappa shape index (κ2) is 14.3. The van der Waals surface area contributed by atoms with E-state index in [2.05, 4.69) is 229 Å². The van der Waals surface area contributed by atoms with E-state index in [1.54, 1.807) is 0 Å². The highest BCUT2D eigenvalue weighted by molar-refractivity contribution is 8.00. The fraction of sp³-hybridized carbons (Fsp3) is 0.0492. The van der Waals surface area contributed by atoms with Crippen LogP contribution in [0.25, 0.3) is 81.7 Å². The van der Waals surface area contributed by atoms with Crippen molar-refractivity contribution < 1.29 is 0 Å². The Kier molecular flexibility index (Phi) is 8.26. The van der Waals surface area contributed by atoms with Crippen molar-refractivity contribution in [1.29, 1.82) is 0 Å². The zero-order valence-corrected chi connectivity index (χ0v) is 35.4. The van der Waals surface area contributed by atoms with E-state index in [1.165, 1.54) is 114 Å². The minimum atomic E-state index is -0.415. The molecule has 2 heteroatoms. The van der Waals surface area contributed by atoms with Crippen molar-refractivity contribution in [3.8, 4) is 16.8 Å². The van der Waals surface area contributed by atoms with Gasteiger partial charge in [0.05, 0.1) is 11.0 Å². The Bertz CT molecular complexity index is 3630. The van der Waals surface area contributed by atoms with E-state index in [4.69, 9.17) is 0 Å². The van der Waals surface area contributed by atoms with Crippen molar-refractivity contribution in [2.24, 2.45) is 0 Å². The zero-order valence-electron chi connectivity index (χ0n) is 34.6. The molecule has 0 amide bonds. The molecule has 63 heavy (non-hydrogen) atoms. The van der Waals surface area contributed by atoms with Crippen LogP contribution in [-0.2, 0) is 18.3 Å².